The number of aromatic carboxylic acids is 1. The number of carbonyl (C=O) groups is 4. The monoisotopic (exact) mass is 645 g/mol. The first-order valence-corrected chi connectivity index (χ1v) is 16.5. The molecule has 2 aliphatic rings. The molecule has 12 nitrogen and oxygen atoms in total. The van der Waals surface area contributed by atoms with Gasteiger partial charge >= 0.3 is 17.9 Å². The number of carboxylic acids is 1. The highest BCUT2D eigenvalue weighted by Gasteiger charge is 2.27. The molecule has 1 unspecified atom stereocenters. The number of amides is 1. The highest BCUT2D eigenvalue weighted by molar-refractivity contribution is 5.88. The number of ether oxygens (including phenoxy) is 2. The summed E-state index contributed by atoms with van der Waals surface area (Å²) in [5, 5.41) is 12.5. The fourth-order valence-corrected chi connectivity index (χ4v) is 5.81. The average Bonchev–Trinajstić information content (AvgIpc) is 3.32. The number of hydrogen-bond acceptors (Lipinski definition) is 10. The molecule has 1 heterocycles. The van der Waals surface area contributed by atoms with E-state index in [0.29, 0.717) is 52.1 Å². The van der Waals surface area contributed by atoms with Crippen molar-refractivity contribution in [1.29, 1.82) is 0 Å². The number of hydrogen-bond donors (Lipinski definition) is 2. The van der Waals surface area contributed by atoms with Crippen molar-refractivity contribution in [3.8, 4) is 0 Å². The Morgan fingerprint density at radius 1 is 0.717 bits per heavy atom. The molecule has 46 heavy (non-hydrogen) atoms. The minimum absolute atomic E-state index is 0.105. The third-order valence-corrected chi connectivity index (χ3v) is 8.04. The van der Waals surface area contributed by atoms with E-state index in [0.717, 1.165) is 30.8 Å². The van der Waals surface area contributed by atoms with Crippen LogP contribution in [0.4, 0.5) is 0 Å². The van der Waals surface area contributed by atoms with E-state index in [4.69, 9.17) is 9.47 Å². The molecule has 1 atom stereocenters. The van der Waals surface area contributed by atoms with E-state index in [9.17, 15) is 24.3 Å². The second-order valence-electron chi connectivity index (χ2n) is 14.4. The van der Waals surface area contributed by atoms with Crippen molar-refractivity contribution in [3.63, 3.8) is 0 Å². The van der Waals surface area contributed by atoms with Gasteiger partial charge < -0.3 is 24.8 Å². The van der Waals surface area contributed by atoms with E-state index in [1.807, 2.05) is 47.6 Å². The highest BCUT2D eigenvalue weighted by atomic mass is 16.6. The summed E-state index contributed by atoms with van der Waals surface area (Å²) in [5.41, 5.74) is 1.11. The van der Waals surface area contributed by atoms with Crippen LogP contribution in [0.15, 0.2) is 18.2 Å². The normalized spacial score (nSPS) is 19.8. The first-order chi connectivity index (χ1) is 21.5. The van der Waals surface area contributed by atoms with E-state index >= 15 is 0 Å². The third kappa shape index (κ3) is 13.4. The zero-order valence-corrected chi connectivity index (χ0v) is 28.9. The fraction of sp³-hybridized carbons (Fsp3) is 0.706. The molecule has 1 saturated heterocycles. The van der Waals surface area contributed by atoms with Crippen LogP contribution in [0.5, 0.6) is 0 Å². The Morgan fingerprint density at radius 3 is 1.59 bits per heavy atom. The van der Waals surface area contributed by atoms with Gasteiger partial charge in [0.2, 0.25) is 5.91 Å². The van der Waals surface area contributed by atoms with Crippen LogP contribution >= 0.6 is 0 Å². The number of carboxylic acid groups (broad SMARTS) is 1. The van der Waals surface area contributed by atoms with Crippen LogP contribution in [0.1, 0.15) is 70.0 Å². The van der Waals surface area contributed by atoms with E-state index in [-0.39, 0.29) is 49.1 Å². The minimum Gasteiger partial charge on any atom is -0.478 e. The molecule has 0 bridgehead atoms. The Balaban J connectivity index is 1.70. The van der Waals surface area contributed by atoms with Gasteiger partial charge in [-0.1, -0.05) is 13.0 Å². The lowest BCUT2D eigenvalue weighted by molar-refractivity contribution is -0.157. The van der Waals surface area contributed by atoms with Gasteiger partial charge in [0.1, 0.15) is 11.2 Å². The topological polar surface area (TPSA) is 132 Å². The number of benzene rings is 1. The number of nitrogens with one attached hydrogen (secondary N) is 1. The molecule has 0 radical (unpaired) electrons. The summed E-state index contributed by atoms with van der Waals surface area (Å²) < 4.78 is 11.2. The van der Waals surface area contributed by atoms with E-state index < -0.39 is 17.2 Å². The number of fused-ring (bicyclic) bond motifs is 1. The van der Waals surface area contributed by atoms with Crippen LogP contribution in [-0.4, -0.2) is 144 Å². The van der Waals surface area contributed by atoms with Gasteiger partial charge in [-0.05, 0) is 84.2 Å². The summed E-state index contributed by atoms with van der Waals surface area (Å²) in [4.78, 5) is 58.9. The lowest BCUT2D eigenvalue weighted by Gasteiger charge is -2.34. The SMILES string of the molecule is CCN1CCN(CC(=O)OC(C)(C)C)CCN(CC(=O)NC2Cc3ccc(C(=O)O)cc3C2)CCN(CC(=O)OC(C)(C)C)CC1. The molecule has 12 heteroatoms. The third-order valence-electron chi connectivity index (χ3n) is 8.04. The maximum absolute atomic E-state index is 13.4. The predicted molar refractivity (Wildman–Crippen MR) is 176 cm³/mol. The number of carbonyl (C=O) groups excluding carboxylic acids is 3. The lowest BCUT2D eigenvalue weighted by Crippen LogP contribution is -2.50. The van der Waals surface area contributed by atoms with Gasteiger partial charge in [-0.2, -0.15) is 0 Å². The minimum atomic E-state index is -0.964. The molecule has 0 spiro atoms. The van der Waals surface area contributed by atoms with Crippen LogP contribution in [0.2, 0.25) is 0 Å². The summed E-state index contributed by atoms with van der Waals surface area (Å²) in [6.45, 7) is 19.7. The molecule has 1 fully saturated rings. The van der Waals surface area contributed by atoms with Gasteiger partial charge in [0, 0.05) is 58.4 Å². The van der Waals surface area contributed by atoms with Crippen LogP contribution in [-0.2, 0) is 36.7 Å². The highest BCUT2D eigenvalue weighted by Crippen LogP contribution is 2.23. The maximum atomic E-state index is 13.4. The molecule has 1 amide bonds. The molecule has 1 aromatic carbocycles. The van der Waals surface area contributed by atoms with E-state index in [1.54, 1.807) is 12.1 Å². The zero-order valence-electron chi connectivity index (χ0n) is 28.9. The van der Waals surface area contributed by atoms with E-state index in [1.165, 1.54) is 0 Å². The van der Waals surface area contributed by atoms with Crippen molar-refractivity contribution >= 4 is 23.8 Å². The molecule has 258 valence electrons. The lowest BCUT2D eigenvalue weighted by atomic mass is 10.1. The summed E-state index contributed by atoms with van der Waals surface area (Å²) in [6, 6.07) is 5.03. The average molecular weight is 646 g/mol. The summed E-state index contributed by atoms with van der Waals surface area (Å²) in [5.74, 6) is -1.63. The van der Waals surface area contributed by atoms with Crippen molar-refractivity contribution < 1.29 is 33.8 Å². The molecule has 0 saturated carbocycles. The van der Waals surface area contributed by atoms with Crippen molar-refractivity contribution in [3.05, 3.63) is 34.9 Å². The molecular formula is C34H55N5O7. The Hall–Kier alpha value is -3.06. The van der Waals surface area contributed by atoms with Crippen molar-refractivity contribution in [1.82, 2.24) is 24.9 Å². The van der Waals surface area contributed by atoms with Gasteiger partial charge in [0.25, 0.3) is 0 Å². The molecular weight excluding hydrogens is 590 g/mol. The Bertz CT molecular complexity index is 1160. The molecule has 1 aliphatic carbocycles. The number of esters is 2. The zero-order chi connectivity index (χ0) is 34.1. The van der Waals surface area contributed by atoms with Crippen LogP contribution in [0, 0.1) is 0 Å². The number of rotatable bonds is 9. The van der Waals surface area contributed by atoms with Crippen LogP contribution in [0.25, 0.3) is 0 Å². The Morgan fingerprint density at radius 2 is 1.15 bits per heavy atom. The van der Waals surface area contributed by atoms with Gasteiger partial charge in [0.15, 0.2) is 0 Å². The quantitative estimate of drug-likeness (QED) is 0.382. The molecule has 1 aliphatic heterocycles. The molecule has 2 N–H and O–H groups in total. The largest absolute Gasteiger partial charge is 0.478 e. The first-order valence-electron chi connectivity index (χ1n) is 16.5. The summed E-state index contributed by atoms with van der Waals surface area (Å²) >= 11 is 0. The maximum Gasteiger partial charge on any atom is 0.335 e. The van der Waals surface area contributed by atoms with Gasteiger partial charge in [-0.15, -0.1) is 0 Å². The second-order valence-corrected chi connectivity index (χ2v) is 14.4. The Kier molecular flexibility index (Phi) is 13.6. The van der Waals surface area contributed by atoms with Gasteiger partial charge in [-0.25, -0.2) is 4.79 Å². The fourth-order valence-electron chi connectivity index (χ4n) is 5.81. The summed E-state index contributed by atoms with van der Waals surface area (Å²) in [6.07, 6.45) is 1.24. The molecule has 0 aromatic heterocycles. The number of likely N-dealkylation sites (N-methyl/N-ethyl adjacent to an activating group) is 1. The number of nitrogens with zero attached hydrogens (tertiary/aromatic N) is 4. The molecule has 3 rings (SSSR count). The smallest absolute Gasteiger partial charge is 0.335 e. The van der Waals surface area contributed by atoms with Gasteiger partial charge in [-0.3, -0.25) is 29.1 Å². The van der Waals surface area contributed by atoms with E-state index in [2.05, 4.69) is 31.8 Å². The summed E-state index contributed by atoms with van der Waals surface area (Å²) in [7, 11) is 0. The molecule has 1 aromatic rings. The van der Waals surface area contributed by atoms with Crippen molar-refractivity contribution in [2.45, 2.75) is 78.6 Å². The standard InChI is InChI=1S/C34H55N5O7/c1-8-36-11-13-38(23-30(41)45-33(2,3)4)17-15-37(16-18-39(14-12-36)24-31(42)46-34(5,6)7)22-29(40)35-28-20-25-9-10-26(32(43)44)19-27(25)21-28/h9-10,19,28H,8,11-18,20-24H2,1-7H3,(H,35,40)(H,43,44). The van der Waals surface area contributed by atoms with Crippen LogP contribution < -0.4 is 5.32 Å². The van der Waals surface area contributed by atoms with Crippen molar-refractivity contribution in [2.75, 3.05) is 78.5 Å². The van der Waals surface area contributed by atoms with Gasteiger partial charge in [0.05, 0.1) is 25.2 Å². The predicted octanol–water partition coefficient (Wildman–Crippen LogP) is 1.89. The van der Waals surface area contributed by atoms with Crippen LogP contribution in [0.3, 0.4) is 0 Å². The van der Waals surface area contributed by atoms with Crippen molar-refractivity contribution in [2.24, 2.45) is 0 Å². The second kappa shape index (κ2) is 16.7. The Labute approximate surface area is 274 Å². The first kappa shape index (κ1) is 37.4.